The maximum absolute atomic E-state index is 13.2. The Bertz CT molecular complexity index is 557. The van der Waals surface area contributed by atoms with Crippen LogP contribution in [0.3, 0.4) is 0 Å². The number of aryl methyl sites for hydroxylation is 1. The van der Waals surface area contributed by atoms with Crippen LogP contribution >= 0.6 is 11.6 Å². The SMILES string of the molecule is CCCc1cc2c(Cl)cc(F)cc2nc1NN. The van der Waals surface area contributed by atoms with Crippen molar-refractivity contribution in [2.24, 2.45) is 5.84 Å². The number of anilines is 1. The van der Waals surface area contributed by atoms with Crippen molar-refractivity contribution in [1.29, 1.82) is 0 Å². The Balaban J connectivity index is 2.69. The molecule has 0 unspecified atom stereocenters. The number of fused-ring (bicyclic) bond motifs is 1. The molecule has 0 radical (unpaired) electrons. The Morgan fingerprint density at radius 3 is 2.82 bits per heavy atom. The minimum absolute atomic E-state index is 0.369. The molecule has 0 bridgehead atoms. The molecule has 0 fully saturated rings. The molecule has 3 N–H and O–H groups in total. The highest BCUT2D eigenvalue weighted by molar-refractivity contribution is 6.35. The van der Waals surface area contributed by atoms with E-state index in [9.17, 15) is 4.39 Å². The molecule has 1 heterocycles. The molecule has 0 aliphatic rings. The number of halogens is 2. The highest BCUT2D eigenvalue weighted by atomic mass is 35.5. The molecule has 0 aliphatic carbocycles. The Morgan fingerprint density at radius 2 is 2.18 bits per heavy atom. The van der Waals surface area contributed by atoms with E-state index >= 15 is 0 Å². The van der Waals surface area contributed by atoms with Crippen LogP contribution < -0.4 is 11.3 Å². The van der Waals surface area contributed by atoms with Crippen LogP contribution in [0.15, 0.2) is 18.2 Å². The summed E-state index contributed by atoms with van der Waals surface area (Å²) in [6, 6.07) is 4.54. The molecule has 0 aliphatic heterocycles. The second kappa shape index (κ2) is 4.85. The first-order valence-corrected chi connectivity index (χ1v) is 5.78. The summed E-state index contributed by atoms with van der Waals surface area (Å²) in [6.07, 6.45) is 1.82. The van der Waals surface area contributed by atoms with Gasteiger partial charge >= 0.3 is 0 Å². The monoisotopic (exact) mass is 253 g/mol. The van der Waals surface area contributed by atoms with Crippen LogP contribution in [0, 0.1) is 5.82 Å². The highest BCUT2D eigenvalue weighted by Gasteiger charge is 2.09. The number of rotatable bonds is 3. The van der Waals surface area contributed by atoms with E-state index in [-0.39, 0.29) is 0 Å². The zero-order valence-corrected chi connectivity index (χ0v) is 10.2. The second-order valence-electron chi connectivity index (χ2n) is 3.84. The fraction of sp³-hybridized carbons (Fsp3) is 0.250. The Hall–Kier alpha value is -1.39. The lowest BCUT2D eigenvalue weighted by molar-refractivity contribution is 0.629. The summed E-state index contributed by atoms with van der Waals surface area (Å²) in [5.41, 5.74) is 4.02. The third-order valence-corrected chi connectivity index (χ3v) is 2.90. The van der Waals surface area contributed by atoms with Gasteiger partial charge in [0, 0.05) is 11.5 Å². The van der Waals surface area contributed by atoms with Gasteiger partial charge in [0.05, 0.1) is 10.5 Å². The maximum Gasteiger partial charge on any atom is 0.143 e. The third-order valence-electron chi connectivity index (χ3n) is 2.58. The van der Waals surface area contributed by atoms with Gasteiger partial charge in [-0.05, 0) is 24.1 Å². The first-order chi connectivity index (χ1) is 8.15. The number of aromatic nitrogens is 1. The molecule has 0 saturated heterocycles. The molecule has 1 aromatic heterocycles. The summed E-state index contributed by atoms with van der Waals surface area (Å²) in [6.45, 7) is 2.07. The molecular formula is C12H13ClFN3. The predicted molar refractivity (Wildman–Crippen MR) is 68.5 cm³/mol. The second-order valence-corrected chi connectivity index (χ2v) is 4.25. The summed E-state index contributed by atoms with van der Waals surface area (Å²) in [5, 5.41) is 1.11. The molecule has 0 spiro atoms. The van der Waals surface area contributed by atoms with E-state index in [0.29, 0.717) is 16.4 Å². The zero-order chi connectivity index (χ0) is 12.4. The number of nitrogens with two attached hydrogens (primary N) is 1. The molecule has 90 valence electrons. The van der Waals surface area contributed by atoms with E-state index in [0.717, 1.165) is 23.8 Å². The molecule has 3 nitrogen and oxygen atoms in total. The van der Waals surface area contributed by atoms with Gasteiger partial charge in [-0.2, -0.15) is 0 Å². The van der Waals surface area contributed by atoms with Crippen molar-refractivity contribution < 1.29 is 4.39 Å². The summed E-state index contributed by atoms with van der Waals surface area (Å²) >= 11 is 6.00. The summed E-state index contributed by atoms with van der Waals surface area (Å²) in [7, 11) is 0. The van der Waals surface area contributed by atoms with Crippen molar-refractivity contribution in [3.63, 3.8) is 0 Å². The van der Waals surface area contributed by atoms with E-state index in [4.69, 9.17) is 17.4 Å². The van der Waals surface area contributed by atoms with Crippen LogP contribution in [-0.4, -0.2) is 4.98 Å². The lowest BCUT2D eigenvalue weighted by Crippen LogP contribution is -2.11. The Morgan fingerprint density at radius 1 is 1.41 bits per heavy atom. The molecule has 2 aromatic rings. The van der Waals surface area contributed by atoms with E-state index in [2.05, 4.69) is 17.3 Å². The van der Waals surface area contributed by atoms with Crippen molar-refractivity contribution >= 4 is 28.3 Å². The van der Waals surface area contributed by atoms with E-state index in [1.54, 1.807) is 0 Å². The van der Waals surface area contributed by atoms with Crippen LogP contribution in [0.2, 0.25) is 5.02 Å². The third kappa shape index (κ3) is 2.33. The first-order valence-electron chi connectivity index (χ1n) is 5.41. The summed E-state index contributed by atoms with van der Waals surface area (Å²) in [5.74, 6) is 5.58. The van der Waals surface area contributed by atoms with Gasteiger partial charge in [0.2, 0.25) is 0 Å². The number of nitrogen functional groups attached to an aromatic ring is 1. The number of hydrogen-bond acceptors (Lipinski definition) is 3. The largest absolute Gasteiger partial charge is 0.308 e. The number of benzene rings is 1. The van der Waals surface area contributed by atoms with Crippen LogP contribution in [0.25, 0.3) is 10.9 Å². The number of hydrazine groups is 1. The lowest BCUT2D eigenvalue weighted by atomic mass is 10.1. The number of nitrogens with one attached hydrogen (secondary N) is 1. The normalized spacial score (nSPS) is 10.8. The Kier molecular flexibility index (Phi) is 3.45. The van der Waals surface area contributed by atoms with Crippen LogP contribution in [0.1, 0.15) is 18.9 Å². The van der Waals surface area contributed by atoms with Crippen LogP contribution in [0.5, 0.6) is 0 Å². The van der Waals surface area contributed by atoms with E-state index < -0.39 is 5.82 Å². The topological polar surface area (TPSA) is 50.9 Å². The average Bonchev–Trinajstić information content (AvgIpc) is 2.29. The molecule has 17 heavy (non-hydrogen) atoms. The number of pyridine rings is 1. The van der Waals surface area contributed by atoms with Crippen molar-refractivity contribution in [3.8, 4) is 0 Å². The fourth-order valence-corrected chi connectivity index (χ4v) is 2.08. The van der Waals surface area contributed by atoms with Gasteiger partial charge in [0.1, 0.15) is 11.6 Å². The predicted octanol–water partition coefficient (Wildman–Crippen LogP) is 3.27. The standard InChI is InChI=1S/C12H13ClFN3/c1-2-3-7-4-9-10(13)5-8(14)6-11(9)16-12(7)17-15/h4-6H,2-3,15H2,1H3,(H,16,17). The molecular weight excluding hydrogens is 241 g/mol. The molecule has 2 rings (SSSR count). The molecule has 0 saturated carbocycles. The number of nitrogens with zero attached hydrogens (tertiary/aromatic N) is 1. The average molecular weight is 254 g/mol. The zero-order valence-electron chi connectivity index (χ0n) is 9.43. The molecule has 1 aromatic carbocycles. The van der Waals surface area contributed by atoms with Gasteiger partial charge in [-0.15, -0.1) is 0 Å². The van der Waals surface area contributed by atoms with Crippen molar-refractivity contribution in [2.45, 2.75) is 19.8 Å². The molecule has 0 atom stereocenters. The molecule has 5 heteroatoms. The maximum atomic E-state index is 13.2. The van der Waals surface area contributed by atoms with Crippen molar-refractivity contribution in [3.05, 3.63) is 34.6 Å². The van der Waals surface area contributed by atoms with Gasteiger partial charge in [-0.25, -0.2) is 15.2 Å². The summed E-state index contributed by atoms with van der Waals surface area (Å²) < 4.78 is 13.2. The Labute approximate surface area is 104 Å². The van der Waals surface area contributed by atoms with Gasteiger partial charge < -0.3 is 5.43 Å². The molecule has 0 amide bonds. The fourth-order valence-electron chi connectivity index (χ4n) is 1.83. The highest BCUT2D eigenvalue weighted by Crippen LogP contribution is 2.28. The number of hydrogen-bond donors (Lipinski definition) is 2. The van der Waals surface area contributed by atoms with Crippen LogP contribution in [0.4, 0.5) is 10.2 Å². The van der Waals surface area contributed by atoms with Crippen molar-refractivity contribution in [2.75, 3.05) is 5.43 Å². The first kappa shape index (κ1) is 12.1. The lowest BCUT2D eigenvalue weighted by Gasteiger charge is -2.10. The summed E-state index contributed by atoms with van der Waals surface area (Å²) in [4.78, 5) is 4.27. The van der Waals surface area contributed by atoms with Crippen LogP contribution in [-0.2, 0) is 6.42 Å². The van der Waals surface area contributed by atoms with Gasteiger partial charge in [-0.3, -0.25) is 0 Å². The van der Waals surface area contributed by atoms with Gasteiger partial charge in [0.15, 0.2) is 0 Å². The smallest absolute Gasteiger partial charge is 0.143 e. The minimum atomic E-state index is -0.402. The van der Waals surface area contributed by atoms with Gasteiger partial charge in [-0.1, -0.05) is 24.9 Å². The van der Waals surface area contributed by atoms with Crippen molar-refractivity contribution in [1.82, 2.24) is 4.98 Å². The van der Waals surface area contributed by atoms with E-state index in [1.165, 1.54) is 12.1 Å². The van der Waals surface area contributed by atoms with Gasteiger partial charge in [0.25, 0.3) is 0 Å². The quantitative estimate of drug-likeness (QED) is 0.652. The minimum Gasteiger partial charge on any atom is -0.308 e. The van der Waals surface area contributed by atoms with E-state index in [1.807, 2.05) is 6.07 Å².